The van der Waals surface area contributed by atoms with Gasteiger partial charge in [0.05, 0.1) is 0 Å². The third-order valence-electron chi connectivity index (χ3n) is 4.15. The molecule has 2 aromatic carbocycles. The Bertz CT molecular complexity index is 631. The number of aryl methyl sites for hydroxylation is 2. The lowest BCUT2D eigenvalue weighted by atomic mass is 9.89. The third-order valence-corrected chi connectivity index (χ3v) is 4.47. The van der Waals surface area contributed by atoms with Gasteiger partial charge in [-0.3, -0.25) is 0 Å². The van der Waals surface area contributed by atoms with Crippen LogP contribution in [0.1, 0.15) is 40.8 Å². The van der Waals surface area contributed by atoms with Gasteiger partial charge < -0.3 is 5.73 Å². The van der Waals surface area contributed by atoms with E-state index in [1.165, 1.54) is 33.4 Å². The Labute approximate surface area is 126 Å². The van der Waals surface area contributed by atoms with Crippen LogP contribution in [-0.2, 0) is 0 Å². The molecule has 0 aliphatic rings. The molecule has 0 aromatic heterocycles. The van der Waals surface area contributed by atoms with E-state index >= 15 is 0 Å². The van der Waals surface area contributed by atoms with Crippen LogP contribution in [0.15, 0.2) is 24.3 Å². The fourth-order valence-electron chi connectivity index (χ4n) is 2.70. The van der Waals surface area contributed by atoms with Gasteiger partial charge in [0.15, 0.2) is 0 Å². The molecule has 0 aliphatic carbocycles. The van der Waals surface area contributed by atoms with Crippen molar-refractivity contribution in [2.75, 3.05) is 0 Å². The summed E-state index contributed by atoms with van der Waals surface area (Å²) in [6.45, 7) is 10.6. The summed E-state index contributed by atoms with van der Waals surface area (Å²) in [5.74, 6) is 0. The van der Waals surface area contributed by atoms with Gasteiger partial charge in [0.2, 0.25) is 0 Å². The Balaban J connectivity index is 2.66. The highest BCUT2D eigenvalue weighted by atomic mass is 35.5. The van der Waals surface area contributed by atoms with Crippen molar-refractivity contribution >= 4 is 11.6 Å². The third kappa shape index (κ3) is 2.61. The molecule has 0 radical (unpaired) electrons. The Kier molecular flexibility index (Phi) is 4.22. The second kappa shape index (κ2) is 5.59. The molecular formula is C18H22ClN. The number of halogens is 1. The van der Waals surface area contributed by atoms with Crippen molar-refractivity contribution in [2.45, 2.75) is 40.7 Å². The predicted octanol–water partition coefficient (Wildman–Crippen LogP) is 5.26. The highest BCUT2D eigenvalue weighted by Gasteiger charge is 2.13. The van der Waals surface area contributed by atoms with Crippen molar-refractivity contribution in [3.8, 4) is 11.1 Å². The van der Waals surface area contributed by atoms with Gasteiger partial charge in [0, 0.05) is 11.1 Å². The van der Waals surface area contributed by atoms with Gasteiger partial charge >= 0.3 is 0 Å². The van der Waals surface area contributed by atoms with E-state index in [1.807, 2.05) is 19.1 Å². The number of rotatable bonds is 2. The molecule has 1 atom stereocenters. The Morgan fingerprint density at radius 3 is 1.95 bits per heavy atom. The monoisotopic (exact) mass is 287 g/mol. The fraction of sp³-hybridized carbons (Fsp3) is 0.333. The summed E-state index contributed by atoms with van der Waals surface area (Å²) in [5, 5.41) is 0.746. The smallest absolute Gasteiger partial charge is 0.0459 e. The van der Waals surface area contributed by atoms with Crippen molar-refractivity contribution in [3.05, 3.63) is 57.1 Å². The SMILES string of the molecule is Cc1cc(C)c(C)c(-c2ccc(C(C)N)c(Cl)c2)c1C. The summed E-state index contributed by atoms with van der Waals surface area (Å²) < 4.78 is 0. The van der Waals surface area contributed by atoms with Crippen LogP contribution in [0.3, 0.4) is 0 Å². The zero-order valence-electron chi connectivity index (χ0n) is 12.8. The molecule has 2 heteroatoms. The van der Waals surface area contributed by atoms with Crippen LogP contribution in [0.4, 0.5) is 0 Å². The van der Waals surface area contributed by atoms with E-state index in [0.29, 0.717) is 0 Å². The normalized spacial score (nSPS) is 12.6. The van der Waals surface area contributed by atoms with Crippen LogP contribution in [0.2, 0.25) is 5.02 Å². The van der Waals surface area contributed by atoms with E-state index in [-0.39, 0.29) is 6.04 Å². The summed E-state index contributed by atoms with van der Waals surface area (Å²) in [6, 6.07) is 8.40. The Morgan fingerprint density at radius 1 is 0.950 bits per heavy atom. The molecule has 0 fully saturated rings. The zero-order valence-corrected chi connectivity index (χ0v) is 13.6. The molecule has 0 spiro atoms. The summed E-state index contributed by atoms with van der Waals surface area (Å²) in [6.07, 6.45) is 0. The van der Waals surface area contributed by atoms with Crippen molar-refractivity contribution in [2.24, 2.45) is 5.73 Å². The van der Waals surface area contributed by atoms with E-state index < -0.39 is 0 Å². The van der Waals surface area contributed by atoms with Crippen LogP contribution >= 0.6 is 11.6 Å². The minimum absolute atomic E-state index is 0.0435. The molecule has 1 unspecified atom stereocenters. The largest absolute Gasteiger partial charge is 0.324 e. The summed E-state index contributed by atoms with van der Waals surface area (Å²) in [7, 11) is 0. The van der Waals surface area contributed by atoms with Gasteiger partial charge in [-0.15, -0.1) is 0 Å². The molecule has 0 amide bonds. The topological polar surface area (TPSA) is 26.0 Å². The van der Waals surface area contributed by atoms with Crippen molar-refractivity contribution in [1.82, 2.24) is 0 Å². The van der Waals surface area contributed by atoms with Crippen molar-refractivity contribution in [1.29, 1.82) is 0 Å². The van der Waals surface area contributed by atoms with E-state index in [9.17, 15) is 0 Å². The zero-order chi connectivity index (χ0) is 15.0. The Hall–Kier alpha value is -1.31. The van der Waals surface area contributed by atoms with E-state index in [2.05, 4.69) is 39.8 Å². The van der Waals surface area contributed by atoms with Crippen LogP contribution < -0.4 is 5.73 Å². The van der Waals surface area contributed by atoms with Gasteiger partial charge in [-0.05, 0) is 79.6 Å². The molecule has 2 N–H and O–H groups in total. The van der Waals surface area contributed by atoms with Crippen LogP contribution in [0.5, 0.6) is 0 Å². The molecule has 0 heterocycles. The fourth-order valence-corrected chi connectivity index (χ4v) is 3.05. The first-order valence-corrected chi connectivity index (χ1v) is 7.33. The standard InChI is InChI=1S/C18H22ClN/c1-10-8-11(2)13(4)18(12(10)3)15-6-7-16(14(5)20)17(19)9-15/h6-9,14H,20H2,1-5H3. The molecule has 2 aromatic rings. The van der Waals surface area contributed by atoms with E-state index in [4.69, 9.17) is 17.3 Å². The maximum atomic E-state index is 6.38. The van der Waals surface area contributed by atoms with E-state index in [1.54, 1.807) is 0 Å². The quantitative estimate of drug-likeness (QED) is 0.801. The molecule has 0 bridgehead atoms. The van der Waals surface area contributed by atoms with Gasteiger partial charge in [0.25, 0.3) is 0 Å². The lowest BCUT2D eigenvalue weighted by Crippen LogP contribution is -2.05. The number of benzene rings is 2. The van der Waals surface area contributed by atoms with Crippen molar-refractivity contribution in [3.63, 3.8) is 0 Å². The first-order chi connectivity index (χ1) is 9.32. The van der Waals surface area contributed by atoms with Crippen LogP contribution in [0, 0.1) is 27.7 Å². The first-order valence-electron chi connectivity index (χ1n) is 6.95. The molecule has 106 valence electrons. The average molecular weight is 288 g/mol. The maximum Gasteiger partial charge on any atom is 0.0459 e. The van der Waals surface area contributed by atoms with Gasteiger partial charge in [-0.1, -0.05) is 29.8 Å². The number of hydrogen-bond acceptors (Lipinski definition) is 1. The highest BCUT2D eigenvalue weighted by molar-refractivity contribution is 6.31. The molecule has 0 saturated carbocycles. The first kappa shape index (κ1) is 15.1. The van der Waals surface area contributed by atoms with Crippen LogP contribution in [-0.4, -0.2) is 0 Å². The van der Waals surface area contributed by atoms with Crippen molar-refractivity contribution < 1.29 is 0 Å². The molecule has 0 aliphatic heterocycles. The number of hydrogen-bond donors (Lipinski definition) is 1. The van der Waals surface area contributed by atoms with Gasteiger partial charge in [-0.2, -0.15) is 0 Å². The Morgan fingerprint density at radius 2 is 1.50 bits per heavy atom. The lowest BCUT2D eigenvalue weighted by Gasteiger charge is -2.17. The maximum absolute atomic E-state index is 6.38. The summed E-state index contributed by atoms with van der Waals surface area (Å²) in [4.78, 5) is 0. The molecule has 2 rings (SSSR count). The highest BCUT2D eigenvalue weighted by Crippen LogP contribution is 2.34. The minimum Gasteiger partial charge on any atom is -0.324 e. The summed E-state index contributed by atoms with van der Waals surface area (Å²) >= 11 is 6.38. The van der Waals surface area contributed by atoms with Crippen LogP contribution in [0.25, 0.3) is 11.1 Å². The molecule has 20 heavy (non-hydrogen) atoms. The summed E-state index contributed by atoms with van der Waals surface area (Å²) in [5.41, 5.74) is 14.6. The second-order valence-corrected chi connectivity index (χ2v) is 6.07. The number of nitrogens with two attached hydrogens (primary N) is 1. The lowest BCUT2D eigenvalue weighted by molar-refractivity contribution is 0.819. The average Bonchev–Trinajstić information content (AvgIpc) is 2.36. The van der Waals surface area contributed by atoms with E-state index in [0.717, 1.165) is 10.6 Å². The second-order valence-electron chi connectivity index (χ2n) is 5.66. The molecule has 0 saturated heterocycles. The van der Waals surface area contributed by atoms with Gasteiger partial charge in [-0.25, -0.2) is 0 Å². The predicted molar refractivity (Wildman–Crippen MR) is 88.4 cm³/mol. The minimum atomic E-state index is -0.0435. The van der Waals surface area contributed by atoms with Gasteiger partial charge in [0.1, 0.15) is 0 Å². The molecular weight excluding hydrogens is 266 g/mol. The molecule has 1 nitrogen and oxygen atoms in total.